The maximum Gasteiger partial charge on any atom is 0.128 e. The SMILES string of the molecule is Cc1nc(N)cc(-c2cccc3ccsc23)n1. The van der Waals surface area contributed by atoms with Gasteiger partial charge in [0.15, 0.2) is 0 Å². The lowest BCUT2D eigenvalue weighted by molar-refractivity contribution is 1.07. The summed E-state index contributed by atoms with van der Waals surface area (Å²) in [6.07, 6.45) is 0. The Kier molecular flexibility index (Phi) is 2.30. The van der Waals surface area contributed by atoms with Crippen LogP contribution in [0.4, 0.5) is 5.82 Å². The Labute approximate surface area is 103 Å². The molecule has 0 fully saturated rings. The highest BCUT2D eigenvalue weighted by Gasteiger charge is 2.07. The monoisotopic (exact) mass is 241 g/mol. The van der Waals surface area contributed by atoms with Crippen molar-refractivity contribution in [2.75, 3.05) is 5.73 Å². The van der Waals surface area contributed by atoms with Gasteiger partial charge in [-0.2, -0.15) is 0 Å². The van der Waals surface area contributed by atoms with E-state index in [0.29, 0.717) is 11.6 Å². The largest absolute Gasteiger partial charge is 0.384 e. The van der Waals surface area contributed by atoms with Gasteiger partial charge in [-0.25, -0.2) is 9.97 Å². The molecular formula is C13H11N3S. The van der Waals surface area contributed by atoms with Gasteiger partial charge in [-0.05, 0) is 23.8 Å². The molecule has 2 N–H and O–H groups in total. The number of hydrogen-bond acceptors (Lipinski definition) is 4. The third-order valence-corrected chi connectivity index (χ3v) is 3.58. The molecular weight excluding hydrogens is 230 g/mol. The average molecular weight is 241 g/mol. The van der Waals surface area contributed by atoms with Crippen LogP contribution in [0.5, 0.6) is 0 Å². The fourth-order valence-electron chi connectivity index (χ4n) is 1.92. The van der Waals surface area contributed by atoms with Crippen LogP contribution in [-0.4, -0.2) is 9.97 Å². The highest BCUT2D eigenvalue weighted by atomic mass is 32.1. The van der Waals surface area contributed by atoms with Crippen molar-refractivity contribution in [3.8, 4) is 11.3 Å². The Hall–Kier alpha value is -1.94. The number of nitrogen functional groups attached to an aromatic ring is 1. The molecule has 2 aromatic heterocycles. The Balaban J connectivity index is 2.30. The molecule has 0 atom stereocenters. The number of nitrogens with zero attached hydrogens (tertiary/aromatic N) is 2. The van der Waals surface area contributed by atoms with E-state index in [9.17, 15) is 0 Å². The molecule has 0 aliphatic rings. The van der Waals surface area contributed by atoms with Crippen molar-refractivity contribution in [3.05, 3.63) is 41.5 Å². The molecule has 0 amide bonds. The third-order valence-electron chi connectivity index (χ3n) is 2.61. The van der Waals surface area contributed by atoms with Crippen LogP contribution in [-0.2, 0) is 0 Å². The van der Waals surface area contributed by atoms with Gasteiger partial charge in [0.2, 0.25) is 0 Å². The van der Waals surface area contributed by atoms with Crippen molar-refractivity contribution in [1.29, 1.82) is 0 Å². The fraction of sp³-hybridized carbons (Fsp3) is 0.0769. The first kappa shape index (κ1) is 10.2. The second kappa shape index (κ2) is 3.82. The number of fused-ring (bicyclic) bond motifs is 1. The van der Waals surface area contributed by atoms with Crippen molar-refractivity contribution in [2.24, 2.45) is 0 Å². The van der Waals surface area contributed by atoms with Crippen LogP contribution in [0, 0.1) is 6.92 Å². The Bertz CT molecular complexity index is 668. The van der Waals surface area contributed by atoms with E-state index in [4.69, 9.17) is 5.73 Å². The van der Waals surface area contributed by atoms with E-state index in [-0.39, 0.29) is 0 Å². The number of benzene rings is 1. The molecule has 0 bridgehead atoms. The van der Waals surface area contributed by atoms with Crippen molar-refractivity contribution < 1.29 is 0 Å². The molecule has 0 saturated heterocycles. The predicted molar refractivity (Wildman–Crippen MR) is 72.0 cm³/mol. The molecule has 0 unspecified atom stereocenters. The number of nitrogens with two attached hydrogens (primary N) is 1. The number of aryl methyl sites for hydroxylation is 1. The van der Waals surface area contributed by atoms with Crippen LogP contribution < -0.4 is 5.73 Å². The van der Waals surface area contributed by atoms with Gasteiger partial charge in [0, 0.05) is 16.3 Å². The first-order chi connectivity index (χ1) is 8.24. The molecule has 0 aliphatic heterocycles. The van der Waals surface area contributed by atoms with E-state index in [1.807, 2.05) is 19.1 Å². The summed E-state index contributed by atoms with van der Waals surface area (Å²) in [5.74, 6) is 1.22. The summed E-state index contributed by atoms with van der Waals surface area (Å²) in [5, 5.41) is 3.33. The number of anilines is 1. The molecule has 3 nitrogen and oxygen atoms in total. The minimum atomic E-state index is 0.515. The second-order valence-electron chi connectivity index (χ2n) is 3.87. The van der Waals surface area contributed by atoms with Crippen molar-refractivity contribution in [1.82, 2.24) is 9.97 Å². The average Bonchev–Trinajstić information content (AvgIpc) is 2.75. The topological polar surface area (TPSA) is 51.8 Å². The van der Waals surface area contributed by atoms with E-state index >= 15 is 0 Å². The summed E-state index contributed by atoms with van der Waals surface area (Å²) in [4.78, 5) is 8.55. The van der Waals surface area contributed by atoms with E-state index in [1.165, 1.54) is 10.1 Å². The normalized spacial score (nSPS) is 10.9. The van der Waals surface area contributed by atoms with Gasteiger partial charge in [-0.15, -0.1) is 11.3 Å². The number of rotatable bonds is 1. The van der Waals surface area contributed by atoms with Gasteiger partial charge in [0.25, 0.3) is 0 Å². The molecule has 3 rings (SSSR count). The van der Waals surface area contributed by atoms with E-state index in [2.05, 4.69) is 33.5 Å². The lowest BCUT2D eigenvalue weighted by Gasteiger charge is -2.04. The molecule has 0 aliphatic carbocycles. The summed E-state index contributed by atoms with van der Waals surface area (Å²) in [6.45, 7) is 1.86. The molecule has 17 heavy (non-hydrogen) atoms. The first-order valence-electron chi connectivity index (χ1n) is 5.32. The van der Waals surface area contributed by atoms with Gasteiger partial charge in [0.05, 0.1) is 5.69 Å². The first-order valence-corrected chi connectivity index (χ1v) is 6.20. The Morgan fingerprint density at radius 1 is 1.18 bits per heavy atom. The summed E-state index contributed by atoms with van der Waals surface area (Å²) in [7, 11) is 0. The van der Waals surface area contributed by atoms with Gasteiger partial charge in [0.1, 0.15) is 11.6 Å². The minimum Gasteiger partial charge on any atom is -0.384 e. The van der Waals surface area contributed by atoms with Gasteiger partial charge < -0.3 is 5.73 Å². The molecule has 2 heterocycles. The maximum atomic E-state index is 5.77. The number of hydrogen-bond donors (Lipinski definition) is 1. The zero-order chi connectivity index (χ0) is 11.8. The lowest BCUT2D eigenvalue weighted by Crippen LogP contribution is -1.97. The number of aromatic nitrogens is 2. The highest BCUT2D eigenvalue weighted by molar-refractivity contribution is 7.17. The lowest BCUT2D eigenvalue weighted by atomic mass is 10.1. The number of thiophene rings is 1. The second-order valence-corrected chi connectivity index (χ2v) is 4.79. The van der Waals surface area contributed by atoms with Crippen LogP contribution >= 0.6 is 11.3 Å². The minimum absolute atomic E-state index is 0.515. The summed E-state index contributed by atoms with van der Waals surface area (Å²) < 4.78 is 1.24. The zero-order valence-electron chi connectivity index (χ0n) is 9.34. The van der Waals surface area contributed by atoms with Crippen molar-refractivity contribution in [3.63, 3.8) is 0 Å². The Morgan fingerprint density at radius 2 is 2.06 bits per heavy atom. The summed E-state index contributed by atoms with van der Waals surface area (Å²) in [6, 6.07) is 10.1. The molecule has 84 valence electrons. The molecule has 0 spiro atoms. The predicted octanol–water partition coefficient (Wildman–Crippen LogP) is 3.25. The van der Waals surface area contributed by atoms with E-state index in [0.717, 1.165) is 11.3 Å². The quantitative estimate of drug-likeness (QED) is 0.711. The van der Waals surface area contributed by atoms with Crippen LogP contribution in [0.15, 0.2) is 35.7 Å². The molecule has 0 radical (unpaired) electrons. The highest BCUT2D eigenvalue weighted by Crippen LogP contribution is 2.31. The van der Waals surface area contributed by atoms with Crippen LogP contribution in [0.1, 0.15) is 5.82 Å². The van der Waals surface area contributed by atoms with Crippen molar-refractivity contribution in [2.45, 2.75) is 6.92 Å². The van der Waals surface area contributed by atoms with Gasteiger partial charge in [-0.1, -0.05) is 18.2 Å². The van der Waals surface area contributed by atoms with Crippen molar-refractivity contribution >= 4 is 27.2 Å². The standard InChI is InChI=1S/C13H11N3S/c1-8-15-11(7-12(14)16-8)10-4-2-3-9-5-6-17-13(9)10/h2-7H,1H3,(H2,14,15,16). The summed E-state index contributed by atoms with van der Waals surface area (Å²) >= 11 is 1.72. The molecule has 3 aromatic rings. The smallest absolute Gasteiger partial charge is 0.128 e. The van der Waals surface area contributed by atoms with E-state index in [1.54, 1.807) is 11.3 Å². The Morgan fingerprint density at radius 3 is 2.88 bits per heavy atom. The third kappa shape index (κ3) is 1.76. The van der Waals surface area contributed by atoms with E-state index < -0.39 is 0 Å². The van der Waals surface area contributed by atoms with Crippen LogP contribution in [0.2, 0.25) is 0 Å². The fourth-order valence-corrected chi connectivity index (χ4v) is 2.85. The molecule has 4 heteroatoms. The zero-order valence-corrected chi connectivity index (χ0v) is 10.2. The van der Waals surface area contributed by atoms with Crippen LogP contribution in [0.25, 0.3) is 21.3 Å². The molecule has 1 aromatic carbocycles. The van der Waals surface area contributed by atoms with Crippen LogP contribution in [0.3, 0.4) is 0 Å². The maximum absolute atomic E-state index is 5.77. The van der Waals surface area contributed by atoms with Gasteiger partial charge >= 0.3 is 0 Å². The summed E-state index contributed by atoms with van der Waals surface area (Å²) in [5.41, 5.74) is 7.78. The molecule has 0 saturated carbocycles. The van der Waals surface area contributed by atoms with Gasteiger partial charge in [-0.3, -0.25) is 0 Å².